The van der Waals surface area contributed by atoms with Gasteiger partial charge >= 0.3 is 5.97 Å². The predicted octanol–water partition coefficient (Wildman–Crippen LogP) is 1.65. The van der Waals surface area contributed by atoms with Crippen LogP contribution in [0.4, 0.5) is 8.78 Å². The Morgan fingerprint density at radius 1 is 1.27 bits per heavy atom. The normalized spacial score (nSPS) is 17.0. The Labute approximate surface area is 126 Å². The number of aliphatic carboxylic acids is 1. The summed E-state index contributed by atoms with van der Waals surface area (Å²) in [6.07, 6.45) is 0.288. The molecule has 5 nitrogen and oxygen atoms in total. The fourth-order valence-electron chi connectivity index (χ4n) is 2.58. The van der Waals surface area contributed by atoms with Crippen molar-refractivity contribution in [2.75, 3.05) is 13.2 Å². The number of rotatable bonds is 5. The summed E-state index contributed by atoms with van der Waals surface area (Å²) < 4.78 is 31.6. The van der Waals surface area contributed by atoms with E-state index in [0.717, 1.165) is 6.07 Å². The topological polar surface area (TPSA) is 75.6 Å². The van der Waals surface area contributed by atoms with Crippen LogP contribution in [0.5, 0.6) is 0 Å². The first-order chi connectivity index (χ1) is 10.4. The highest BCUT2D eigenvalue weighted by molar-refractivity contribution is 5.80. The zero-order valence-corrected chi connectivity index (χ0v) is 11.9. The molecular formula is C15H17F2NO4. The highest BCUT2D eigenvalue weighted by Gasteiger charge is 2.36. The molecule has 7 heteroatoms. The maximum absolute atomic E-state index is 13.6. The summed E-state index contributed by atoms with van der Waals surface area (Å²) in [6, 6.07) is 3.00. The van der Waals surface area contributed by atoms with E-state index in [1.54, 1.807) is 0 Å². The lowest BCUT2D eigenvalue weighted by Crippen LogP contribution is -2.53. The summed E-state index contributed by atoms with van der Waals surface area (Å²) >= 11 is 0. The number of nitrogens with one attached hydrogen (secondary N) is 1. The summed E-state index contributed by atoms with van der Waals surface area (Å²) in [7, 11) is 0. The molecule has 2 N–H and O–H groups in total. The highest BCUT2D eigenvalue weighted by atomic mass is 19.1. The van der Waals surface area contributed by atoms with Crippen molar-refractivity contribution >= 4 is 11.9 Å². The maximum atomic E-state index is 13.6. The number of carbonyl (C=O) groups excluding carboxylic acids is 1. The van der Waals surface area contributed by atoms with Gasteiger partial charge in [0.1, 0.15) is 11.6 Å². The average molecular weight is 313 g/mol. The van der Waals surface area contributed by atoms with Crippen molar-refractivity contribution in [1.82, 2.24) is 5.32 Å². The van der Waals surface area contributed by atoms with Crippen LogP contribution < -0.4 is 5.32 Å². The van der Waals surface area contributed by atoms with Crippen LogP contribution in [0, 0.1) is 11.6 Å². The minimum Gasteiger partial charge on any atom is -0.481 e. The summed E-state index contributed by atoms with van der Waals surface area (Å²) in [6.45, 7) is 0.719. The van der Waals surface area contributed by atoms with Gasteiger partial charge in [0.25, 0.3) is 0 Å². The molecule has 0 spiro atoms. The summed E-state index contributed by atoms with van der Waals surface area (Å²) in [5, 5.41) is 11.7. The second-order valence-electron chi connectivity index (χ2n) is 5.42. The van der Waals surface area contributed by atoms with E-state index >= 15 is 0 Å². The lowest BCUT2D eigenvalue weighted by Gasteiger charge is -2.36. The van der Waals surface area contributed by atoms with E-state index in [1.165, 1.54) is 6.07 Å². The number of amides is 1. The fourth-order valence-corrected chi connectivity index (χ4v) is 2.58. The fraction of sp³-hybridized carbons (Fsp3) is 0.467. The molecule has 120 valence electrons. The maximum Gasteiger partial charge on any atom is 0.305 e. The van der Waals surface area contributed by atoms with Crippen LogP contribution in [0.15, 0.2) is 18.2 Å². The van der Waals surface area contributed by atoms with Crippen molar-refractivity contribution in [3.63, 3.8) is 0 Å². The molecule has 1 amide bonds. The van der Waals surface area contributed by atoms with Gasteiger partial charge in [0, 0.05) is 19.3 Å². The Balaban J connectivity index is 2.06. The van der Waals surface area contributed by atoms with Crippen LogP contribution in [-0.4, -0.2) is 35.7 Å². The smallest absolute Gasteiger partial charge is 0.305 e. The van der Waals surface area contributed by atoms with Crippen LogP contribution in [0.2, 0.25) is 0 Å². The van der Waals surface area contributed by atoms with Crippen molar-refractivity contribution in [2.24, 2.45) is 0 Å². The van der Waals surface area contributed by atoms with Crippen LogP contribution >= 0.6 is 0 Å². The predicted molar refractivity (Wildman–Crippen MR) is 73.2 cm³/mol. The lowest BCUT2D eigenvalue weighted by atomic mass is 9.86. The monoisotopic (exact) mass is 313 g/mol. The third-order valence-electron chi connectivity index (χ3n) is 3.71. The first-order valence-corrected chi connectivity index (χ1v) is 6.95. The Hall–Kier alpha value is -2.02. The minimum absolute atomic E-state index is 0.0661. The Kier molecular flexibility index (Phi) is 5.07. The van der Waals surface area contributed by atoms with Gasteiger partial charge in [-0.3, -0.25) is 9.59 Å². The van der Waals surface area contributed by atoms with Gasteiger partial charge in [-0.25, -0.2) is 8.78 Å². The molecule has 0 unspecified atom stereocenters. The van der Waals surface area contributed by atoms with Crippen molar-refractivity contribution < 1.29 is 28.2 Å². The largest absolute Gasteiger partial charge is 0.481 e. The molecule has 0 radical (unpaired) electrons. The van der Waals surface area contributed by atoms with Gasteiger partial charge in [-0.2, -0.15) is 0 Å². The SMILES string of the molecule is O=C(O)CC1(NC(=O)Cc2ccc(F)cc2F)CCOCC1. The molecule has 0 atom stereocenters. The average Bonchev–Trinajstić information content (AvgIpc) is 2.42. The molecule has 2 rings (SSSR count). The van der Waals surface area contributed by atoms with E-state index in [2.05, 4.69) is 5.32 Å². The van der Waals surface area contributed by atoms with Gasteiger partial charge in [-0.05, 0) is 24.5 Å². The van der Waals surface area contributed by atoms with Crippen molar-refractivity contribution in [1.29, 1.82) is 0 Å². The van der Waals surface area contributed by atoms with Crippen LogP contribution in [0.1, 0.15) is 24.8 Å². The minimum atomic E-state index is -1.02. The van der Waals surface area contributed by atoms with E-state index in [-0.39, 0.29) is 18.4 Å². The number of halogens is 2. The molecule has 1 aliphatic heterocycles. The molecule has 1 saturated heterocycles. The molecule has 1 aromatic carbocycles. The first kappa shape index (κ1) is 16.4. The summed E-state index contributed by atoms with van der Waals surface area (Å²) in [5.41, 5.74) is -0.811. The van der Waals surface area contributed by atoms with Crippen LogP contribution in [0.3, 0.4) is 0 Å². The number of carbonyl (C=O) groups is 2. The standard InChI is InChI=1S/C15H17F2NO4/c16-11-2-1-10(12(17)8-11)7-13(19)18-15(9-14(20)21)3-5-22-6-4-15/h1-2,8H,3-7,9H2,(H,18,19)(H,20,21). The molecule has 1 fully saturated rings. The number of carboxylic acid groups (broad SMARTS) is 1. The van der Waals surface area contributed by atoms with Gasteiger partial charge in [-0.1, -0.05) is 6.07 Å². The molecule has 1 aromatic rings. The van der Waals surface area contributed by atoms with Crippen LogP contribution in [0.25, 0.3) is 0 Å². The summed E-state index contributed by atoms with van der Waals surface area (Å²) in [5.74, 6) is -3.02. The molecule has 0 aromatic heterocycles. The summed E-state index contributed by atoms with van der Waals surface area (Å²) in [4.78, 5) is 23.1. The van der Waals surface area contributed by atoms with E-state index < -0.39 is 29.0 Å². The number of benzene rings is 1. The van der Waals surface area contributed by atoms with Gasteiger partial charge in [0.2, 0.25) is 5.91 Å². The second kappa shape index (κ2) is 6.83. The second-order valence-corrected chi connectivity index (χ2v) is 5.42. The number of hydrogen-bond acceptors (Lipinski definition) is 3. The van der Waals surface area contributed by atoms with Gasteiger partial charge < -0.3 is 15.2 Å². The van der Waals surface area contributed by atoms with E-state index in [4.69, 9.17) is 9.84 Å². The Morgan fingerprint density at radius 2 is 1.95 bits per heavy atom. The molecule has 22 heavy (non-hydrogen) atoms. The quantitative estimate of drug-likeness (QED) is 0.866. The molecule has 1 heterocycles. The van der Waals surface area contributed by atoms with Gasteiger partial charge in [-0.15, -0.1) is 0 Å². The van der Waals surface area contributed by atoms with E-state index in [0.29, 0.717) is 32.1 Å². The van der Waals surface area contributed by atoms with Crippen molar-refractivity contribution in [3.8, 4) is 0 Å². The molecule has 0 saturated carbocycles. The third-order valence-corrected chi connectivity index (χ3v) is 3.71. The molecule has 1 aliphatic rings. The van der Waals surface area contributed by atoms with E-state index in [9.17, 15) is 18.4 Å². The molecular weight excluding hydrogens is 296 g/mol. The number of hydrogen-bond donors (Lipinski definition) is 2. The molecule has 0 aliphatic carbocycles. The Bertz CT molecular complexity index is 571. The first-order valence-electron chi connectivity index (χ1n) is 6.95. The highest BCUT2D eigenvalue weighted by Crippen LogP contribution is 2.25. The zero-order valence-electron chi connectivity index (χ0n) is 11.9. The van der Waals surface area contributed by atoms with Gasteiger partial charge in [0.15, 0.2) is 0 Å². The van der Waals surface area contributed by atoms with Crippen molar-refractivity contribution in [3.05, 3.63) is 35.4 Å². The van der Waals surface area contributed by atoms with E-state index in [1.807, 2.05) is 0 Å². The third kappa shape index (κ3) is 4.24. The van der Waals surface area contributed by atoms with Gasteiger partial charge in [0.05, 0.1) is 18.4 Å². The van der Waals surface area contributed by atoms with Crippen molar-refractivity contribution in [2.45, 2.75) is 31.2 Å². The number of carboxylic acids is 1. The lowest BCUT2D eigenvalue weighted by molar-refractivity contribution is -0.140. The zero-order chi connectivity index (χ0) is 16.2. The Morgan fingerprint density at radius 3 is 2.55 bits per heavy atom. The van der Waals surface area contributed by atoms with Crippen LogP contribution in [-0.2, 0) is 20.7 Å². The number of ether oxygens (including phenoxy) is 1. The molecule has 0 bridgehead atoms.